The number of rotatable bonds is 11. The molecule has 0 bridgehead atoms. The van der Waals surface area contributed by atoms with Gasteiger partial charge in [0.2, 0.25) is 5.91 Å². The minimum absolute atomic E-state index is 0.109. The van der Waals surface area contributed by atoms with Crippen molar-refractivity contribution < 1.29 is 19.1 Å². The molecule has 232 valence electrons. The highest BCUT2D eigenvalue weighted by Gasteiger charge is 2.19. The molecule has 45 heavy (non-hydrogen) atoms. The predicted molar refractivity (Wildman–Crippen MR) is 184 cm³/mol. The topological polar surface area (TPSA) is 96.5 Å². The second kappa shape index (κ2) is 15.5. The van der Waals surface area contributed by atoms with Crippen molar-refractivity contribution in [2.24, 2.45) is 0 Å². The first-order valence-electron chi connectivity index (χ1n) is 14.4. The van der Waals surface area contributed by atoms with Crippen LogP contribution in [0.15, 0.2) is 102 Å². The largest absolute Gasteiger partial charge is 0.495 e. The number of benzene rings is 4. The van der Waals surface area contributed by atoms with Gasteiger partial charge in [0.05, 0.1) is 18.0 Å². The zero-order valence-electron chi connectivity index (χ0n) is 25.8. The summed E-state index contributed by atoms with van der Waals surface area (Å²) in [7, 11) is 1.52. The second-order valence-electron chi connectivity index (χ2n) is 10.7. The van der Waals surface area contributed by atoms with Crippen molar-refractivity contribution in [3.8, 4) is 5.75 Å². The molecule has 0 aliphatic rings. The highest BCUT2D eigenvalue weighted by Crippen LogP contribution is 2.32. The molecule has 4 aromatic rings. The van der Waals surface area contributed by atoms with Gasteiger partial charge in [-0.1, -0.05) is 67.9 Å². The van der Waals surface area contributed by atoms with Crippen molar-refractivity contribution in [1.29, 1.82) is 0 Å². The van der Waals surface area contributed by atoms with Gasteiger partial charge >= 0.3 is 0 Å². The summed E-state index contributed by atoms with van der Waals surface area (Å²) in [6.07, 6.45) is 1.65. The number of thioether (sulfide) groups is 1. The molecule has 3 amide bonds. The molecule has 0 radical (unpaired) electrons. The average Bonchev–Trinajstić information content (AvgIpc) is 3.03. The molecular formula is C36H36ClN3O4S. The Morgan fingerprint density at radius 3 is 2.16 bits per heavy atom. The van der Waals surface area contributed by atoms with Crippen LogP contribution < -0.4 is 20.7 Å². The molecule has 0 aliphatic carbocycles. The molecule has 0 saturated carbocycles. The SMILES string of the molecule is COc1cc(Cl)c(C)cc1NC(=O)C(C)Sc1ccc(NC(=O)/C(=C/c2ccc(C(C)C)cc2)NC(=O)c2ccccc2)cc1. The average molecular weight is 642 g/mol. The Balaban J connectivity index is 1.45. The first kappa shape index (κ1) is 33.4. The number of aryl methyl sites for hydroxylation is 1. The summed E-state index contributed by atoms with van der Waals surface area (Å²) >= 11 is 7.56. The lowest BCUT2D eigenvalue weighted by atomic mass is 10.0. The summed E-state index contributed by atoms with van der Waals surface area (Å²) in [5, 5.41) is 8.69. The number of methoxy groups -OCH3 is 1. The lowest BCUT2D eigenvalue weighted by Crippen LogP contribution is -2.30. The third-order valence-corrected chi connectivity index (χ3v) is 8.49. The number of amides is 3. The quantitative estimate of drug-likeness (QED) is 0.113. The fraction of sp³-hybridized carbons (Fsp3) is 0.194. The van der Waals surface area contributed by atoms with Gasteiger partial charge in [-0.05, 0) is 85.0 Å². The summed E-state index contributed by atoms with van der Waals surface area (Å²) in [5.41, 5.74) is 4.42. The first-order valence-corrected chi connectivity index (χ1v) is 15.7. The van der Waals surface area contributed by atoms with E-state index >= 15 is 0 Å². The molecular weight excluding hydrogens is 606 g/mol. The Morgan fingerprint density at radius 2 is 1.53 bits per heavy atom. The molecule has 0 aliphatic heterocycles. The van der Waals surface area contributed by atoms with Gasteiger partial charge in [0.25, 0.3) is 11.8 Å². The summed E-state index contributed by atoms with van der Waals surface area (Å²) in [4.78, 5) is 40.1. The van der Waals surface area contributed by atoms with E-state index in [0.717, 1.165) is 16.0 Å². The van der Waals surface area contributed by atoms with Crippen LogP contribution in [-0.2, 0) is 9.59 Å². The van der Waals surface area contributed by atoms with Gasteiger partial charge in [-0.25, -0.2) is 0 Å². The van der Waals surface area contributed by atoms with Crippen LogP contribution in [0.25, 0.3) is 6.08 Å². The third kappa shape index (κ3) is 9.23. The lowest BCUT2D eigenvalue weighted by molar-refractivity contribution is -0.115. The van der Waals surface area contributed by atoms with Crippen molar-refractivity contribution in [1.82, 2.24) is 5.32 Å². The molecule has 0 spiro atoms. The molecule has 3 N–H and O–H groups in total. The van der Waals surface area contributed by atoms with E-state index in [2.05, 4.69) is 29.8 Å². The molecule has 0 fully saturated rings. The van der Waals surface area contributed by atoms with Gasteiger partial charge in [0, 0.05) is 27.2 Å². The first-order chi connectivity index (χ1) is 21.5. The van der Waals surface area contributed by atoms with Crippen molar-refractivity contribution >= 4 is 58.5 Å². The molecule has 1 unspecified atom stereocenters. The summed E-state index contributed by atoms with van der Waals surface area (Å²) < 4.78 is 5.36. The van der Waals surface area contributed by atoms with Gasteiger partial charge in [0.15, 0.2) is 0 Å². The minimum atomic E-state index is -0.465. The summed E-state index contributed by atoms with van der Waals surface area (Å²) in [6, 6.07) is 27.2. The highest BCUT2D eigenvalue weighted by molar-refractivity contribution is 8.00. The molecule has 7 nitrogen and oxygen atoms in total. The van der Waals surface area contributed by atoms with Crippen molar-refractivity contribution in [2.45, 2.75) is 43.8 Å². The van der Waals surface area contributed by atoms with Crippen LogP contribution in [0.5, 0.6) is 5.75 Å². The molecule has 0 heterocycles. The fourth-order valence-electron chi connectivity index (χ4n) is 4.32. The van der Waals surface area contributed by atoms with E-state index in [1.165, 1.54) is 24.4 Å². The third-order valence-electron chi connectivity index (χ3n) is 6.98. The van der Waals surface area contributed by atoms with Crippen molar-refractivity contribution in [3.05, 3.63) is 124 Å². The lowest BCUT2D eigenvalue weighted by Gasteiger charge is -2.16. The number of hydrogen-bond acceptors (Lipinski definition) is 5. The van der Waals surface area contributed by atoms with Crippen LogP contribution in [-0.4, -0.2) is 30.1 Å². The fourth-order valence-corrected chi connectivity index (χ4v) is 5.34. The number of carbonyl (C=O) groups is 3. The standard InChI is InChI=1S/C36H36ClN3O4S/c1-22(2)26-13-11-25(12-14-26)20-32(40-35(42)27-9-7-6-8-10-27)36(43)38-28-15-17-29(18-16-28)45-24(4)34(41)39-31-19-23(3)30(37)21-33(31)44-5/h6-22,24H,1-5H3,(H,38,43)(H,39,41)(H,40,42)/b32-20-. The minimum Gasteiger partial charge on any atom is -0.495 e. The van der Waals surface area contributed by atoms with Gasteiger partial charge in [0.1, 0.15) is 11.4 Å². The van der Waals surface area contributed by atoms with E-state index in [1.54, 1.807) is 54.6 Å². The maximum absolute atomic E-state index is 13.4. The number of anilines is 2. The van der Waals surface area contributed by atoms with Crippen LogP contribution in [0.3, 0.4) is 0 Å². The van der Waals surface area contributed by atoms with E-state index in [0.29, 0.717) is 33.6 Å². The normalized spacial score (nSPS) is 11.9. The number of nitrogens with one attached hydrogen (secondary N) is 3. The number of hydrogen-bond donors (Lipinski definition) is 3. The van der Waals surface area contributed by atoms with E-state index in [9.17, 15) is 14.4 Å². The van der Waals surface area contributed by atoms with Crippen molar-refractivity contribution in [2.75, 3.05) is 17.7 Å². The molecule has 0 saturated heterocycles. The monoisotopic (exact) mass is 641 g/mol. The van der Waals surface area contributed by atoms with E-state index < -0.39 is 11.2 Å². The Hall–Kier alpha value is -4.53. The molecule has 4 aromatic carbocycles. The number of halogens is 1. The van der Waals surface area contributed by atoms with Crippen LogP contribution in [0.4, 0.5) is 11.4 Å². The van der Waals surface area contributed by atoms with E-state index in [-0.39, 0.29) is 17.5 Å². The van der Waals surface area contributed by atoms with E-state index in [1.807, 2.05) is 56.3 Å². The van der Waals surface area contributed by atoms with Crippen LogP contribution in [0, 0.1) is 6.92 Å². The highest BCUT2D eigenvalue weighted by atomic mass is 35.5. The molecule has 1 atom stereocenters. The van der Waals surface area contributed by atoms with Gasteiger partial charge < -0.3 is 20.7 Å². The predicted octanol–water partition coefficient (Wildman–Crippen LogP) is 8.31. The second-order valence-corrected chi connectivity index (χ2v) is 12.6. The van der Waals surface area contributed by atoms with Gasteiger partial charge in [-0.3, -0.25) is 14.4 Å². The van der Waals surface area contributed by atoms with Gasteiger partial charge in [-0.2, -0.15) is 0 Å². The smallest absolute Gasteiger partial charge is 0.272 e. The maximum Gasteiger partial charge on any atom is 0.272 e. The Kier molecular flexibility index (Phi) is 11.5. The maximum atomic E-state index is 13.4. The van der Waals surface area contributed by atoms with Crippen LogP contribution in [0.2, 0.25) is 5.02 Å². The molecule has 9 heteroatoms. The van der Waals surface area contributed by atoms with Gasteiger partial charge in [-0.15, -0.1) is 11.8 Å². The Bertz CT molecular complexity index is 1690. The summed E-state index contributed by atoms with van der Waals surface area (Å²) in [5.74, 6) is -0.188. The Morgan fingerprint density at radius 1 is 0.867 bits per heavy atom. The summed E-state index contributed by atoms with van der Waals surface area (Å²) in [6.45, 7) is 7.90. The zero-order chi connectivity index (χ0) is 32.5. The Labute approximate surface area is 273 Å². The zero-order valence-corrected chi connectivity index (χ0v) is 27.4. The number of carbonyl (C=O) groups excluding carboxylic acids is 3. The molecule has 0 aromatic heterocycles. The number of ether oxygens (including phenoxy) is 1. The van der Waals surface area contributed by atoms with E-state index in [4.69, 9.17) is 16.3 Å². The van der Waals surface area contributed by atoms with Crippen LogP contribution in [0.1, 0.15) is 53.7 Å². The van der Waals surface area contributed by atoms with Crippen LogP contribution >= 0.6 is 23.4 Å². The van der Waals surface area contributed by atoms with Crippen molar-refractivity contribution in [3.63, 3.8) is 0 Å². The molecule has 4 rings (SSSR count).